The fraction of sp³-hybridized carbons (Fsp3) is 0.600. The molecule has 0 saturated heterocycles. The Kier molecular flexibility index (Phi) is 3.96. The molecule has 0 N–H and O–H groups in total. The summed E-state index contributed by atoms with van der Waals surface area (Å²) in [6, 6.07) is 10.8. The molecule has 0 aliphatic carbocycles. The van der Waals surface area contributed by atoms with Crippen molar-refractivity contribution in [1.29, 1.82) is 0 Å². The van der Waals surface area contributed by atoms with E-state index >= 15 is 0 Å². The normalized spacial score (nSPS) is 14.3. The molecule has 0 saturated carbocycles. The summed E-state index contributed by atoms with van der Waals surface area (Å²) in [6.45, 7) is 11.7. The maximum Gasteiger partial charge on any atom is -0.0185 e. The lowest BCUT2D eigenvalue weighted by Gasteiger charge is -2.32. The van der Waals surface area contributed by atoms with Crippen LogP contribution in [0.5, 0.6) is 0 Å². The molecule has 0 heteroatoms. The smallest absolute Gasteiger partial charge is 0.0185 e. The molecule has 0 aromatic heterocycles. The van der Waals surface area contributed by atoms with Gasteiger partial charge in [-0.05, 0) is 29.2 Å². The number of hydrogen-bond donors (Lipinski definition) is 0. The van der Waals surface area contributed by atoms with E-state index in [1.54, 1.807) is 0 Å². The van der Waals surface area contributed by atoms with Crippen LogP contribution in [0.4, 0.5) is 0 Å². The minimum Gasteiger partial charge on any atom is -0.0623 e. The average molecular weight is 204 g/mol. The highest BCUT2D eigenvalue weighted by atomic mass is 14.3. The Hall–Kier alpha value is -0.780. The first kappa shape index (κ1) is 12.3. The van der Waals surface area contributed by atoms with Crippen LogP contribution in [-0.4, -0.2) is 0 Å². The molecule has 1 atom stereocenters. The lowest BCUT2D eigenvalue weighted by molar-refractivity contribution is 0.215. The van der Waals surface area contributed by atoms with E-state index in [0.29, 0.717) is 11.3 Å². The summed E-state index contributed by atoms with van der Waals surface area (Å²) in [6.07, 6.45) is 1.26. The van der Waals surface area contributed by atoms with Crippen molar-refractivity contribution in [2.75, 3.05) is 0 Å². The second kappa shape index (κ2) is 4.83. The summed E-state index contributed by atoms with van der Waals surface area (Å²) in [7, 11) is 0. The Morgan fingerprint density at radius 2 is 1.53 bits per heavy atom. The molecule has 0 aliphatic rings. The largest absolute Gasteiger partial charge is 0.0623 e. The van der Waals surface area contributed by atoms with Crippen LogP contribution in [0.1, 0.15) is 52.5 Å². The predicted octanol–water partition coefficient (Wildman–Crippen LogP) is 4.86. The highest BCUT2D eigenvalue weighted by molar-refractivity contribution is 5.19. The van der Waals surface area contributed by atoms with Gasteiger partial charge in [0.2, 0.25) is 0 Å². The van der Waals surface area contributed by atoms with Crippen molar-refractivity contribution in [2.24, 2.45) is 11.3 Å². The molecule has 1 aromatic rings. The van der Waals surface area contributed by atoms with Gasteiger partial charge in [0.05, 0.1) is 0 Å². The molecule has 1 unspecified atom stereocenters. The van der Waals surface area contributed by atoms with Crippen LogP contribution < -0.4 is 0 Å². The molecule has 0 heterocycles. The van der Waals surface area contributed by atoms with Crippen LogP contribution in [0.3, 0.4) is 0 Å². The van der Waals surface area contributed by atoms with E-state index < -0.39 is 0 Å². The molecule has 1 rings (SSSR count). The van der Waals surface area contributed by atoms with Gasteiger partial charge in [-0.2, -0.15) is 0 Å². The van der Waals surface area contributed by atoms with Crippen molar-refractivity contribution in [3.05, 3.63) is 35.9 Å². The van der Waals surface area contributed by atoms with Gasteiger partial charge in [-0.25, -0.2) is 0 Å². The zero-order valence-corrected chi connectivity index (χ0v) is 10.7. The molecule has 84 valence electrons. The van der Waals surface area contributed by atoms with Crippen LogP contribution >= 0.6 is 0 Å². The summed E-state index contributed by atoms with van der Waals surface area (Å²) in [4.78, 5) is 0. The van der Waals surface area contributed by atoms with Crippen molar-refractivity contribution in [1.82, 2.24) is 0 Å². The maximum atomic E-state index is 2.37. The van der Waals surface area contributed by atoms with Gasteiger partial charge < -0.3 is 0 Å². The number of hydrogen-bond acceptors (Lipinski definition) is 0. The second-order valence-electron chi connectivity index (χ2n) is 5.66. The van der Waals surface area contributed by atoms with E-state index in [2.05, 4.69) is 65.0 Å². The van der Waals surface area contributed by atoms with Gasteiger partial charge in [0.25, 0.3) is 0 Å². The van der Waals surface area contributed by atoms with E-state index in [9.17, 15) is 0 Å². The molecule has 0 aliphatic heterocycles. The van der Waals surface area contributed by atoms with Gasteiger partial charge in [0, 0.05) is 0 Å². The van der Waals surface area contributed by atoms with Gasteiger partial charge >= 0.3 is 0 Å². The molecular formula is C15H24. The van der Waals surface area contributed by atoms with Crippen molar-refractivity contribution >= 4 is 0 Å². The van der Waals surface area contributed by atoms with E-state index in [0.717, 1.165) is 5.92 Å². The van der Waals surface area contributed by atoms with E-state index in [4.69, 9.17) is 0 Å². The second-order valence-corrected chi connectivity index (χ2v) is 5.66. The molecule has 15 heavy (non-hydrogen) atoms. The summed E-state index contributed by atoms with van der Waals surface area (Å²) < 4.78 is 0. The van der Waals surface area contributed by atoms with Crippen LogP contribution in [0.15, 0.2) is 30.3 Å². The zero-order chi connectivity index (χ0) is 11.5. The first-order valence-corrected chi connectivity index (χ1v) is 5.98. The van der Waals surface area contributed by atoms with Gasteiger partial charge in [-0.15, -0.1) is 0 Å². The average Bonchev–Trinajstić information content (AvgIpc) is 2.18. The minimum atomic E-state index is 0.426. The molecule has 0 amide bonds. The monoisotopic (exact) mass is 204 g/mol. The van der Waals surface area contributed by atoms with Crippen LogP contribution in [0.2, 0.25) is 0 Å². The molecule has 0 radical (unpaired) electrons. The van der Waals surface area contributed by atoms with Gasteiger partial charge in [-0.1, -0.05) is 65.0 Å². The Balaban J connectivity index is 2.68. The molecule has 0 spiro atoms. The van der Waals surface area contributed by atoms with Gasteiger partial charge in [0.15, 0.2) is 0 Å². The van der Waals surface area contributed by atoms with Crippen molar-refractivity contribution in [2.45, 2.75) is 47.0 Å². The summed E-state index contributed by atoms with van der Waals surface area (Å²) >= 11 is 0. The van der Waals surface area contributed by atoms with E-state index in [1.807, 2.05) is 0 Å². The highest BCUT2D eigenvalue weighted by Crippen LogP contribution is 2.36. The van der Waals surface area contributed by atoms with Crippen molar-refractivity contribution in [3.63, 3.8) is 0 Å². The van der Waals surface area contributed by atoms with Crippen LogP contribution in [-0.2, 0) is 0 Å². The zero-order valence-electron chi connectivity index (χ0n) is 10.7. The quantitative estimate of drug-likeness (QED) is 0.657. The third-order valence-corrected chi connectivity index (χ3v) is 3.76. The summed E-state index contributed by atoms with van der Waals surface area (Å²) in [5.41, 5.74) is 1.89. The van der Waals surface area contributed by atoms with E-state index in [1.165, 1.54) is 12.0 Å². The Morgan fingerprint density at radius 1 is 1.00 bits per heavy atom. The SMILES string of the molecule is CC(CC(C)(C)C(C)C)c1ccccc1. The van der Waals surface area contributed by atoms with Crippen molar-refractivity contribution in [3.8, 4) is 0 Å². The first-order chi connectivity index (χ1) is 6.93. The molecule has 0 bridgehead atoms. The third-order valence-electron chi connectivity index (χ3n) is 3.76. The lowest BCUT2D eigenvalue weighted by Crippen LogP contribution is -2.21. The van der Waals surface area contributed by atoms with Crippen LogP contribution in [0, 0.1) is 11.3 Å². The van der Waals surface area contributed by atoms with Crippen LogP contribution in [0.25, 0.3) is 0 Å². The van der Waals surface area contributed by atoms with Gasteiger partial charge in [0.1, 0.15) is 0 Å². The van der Waals surface area contributed by atoms with Crippen molar-refractivity contribution < 1.29 is 0 Å². The fourth-order valence-corrected chi connectivity index (χ4v) is 1.92. The molecule has 0 nitrogen and oxygen atoms in total. The van der Waals surface area contributed by atoms with E-state index in [-0.39, 0.29) is 0 Å². The summed E-state index contributed by atoms with van der Waals surface area (Å²) in [5.74, 6) is 1.40. The highest BCUT2D eigenvalue weighted by Gasteiger charge is 2.25. The lowest BCUT2D eigenvalue weighted by atomic mass is 9.73. The fourth-order valence-electron chi connectivity index (χ4n) is 1.92. The topological polar surface area (TPSA) is 0 Å². The Bertz CT molecular complexity index is 282. The standard InChI is InChI=1S/C15H24/c1-12(2)15(4,5)11-13(3)14-9-7-6-8-10-14/h6-10,12-13H,11H2,1-5H3. The summed E-state index contributed by atoms with van der Waals surface area (Å²) in [5, 5.41) is 0. The number of benzene rings is 1. The first-order valence-electron chi connectivity index (χ1n) is 5.98. The predicted molar refractivity (Wildman–Crippen MR) is 68.1 cm³/mol. The molecule has 0 fully saturated rings. The third kappa shape index (κ3) is 3.37. The van der Waals surface area contributed by atoms with Gasteiger partial charge in [-0.3, -0.25) is 0 Å². The molecular weight excluding hydrogens is 180 g/mol. The number of rotatable bonds is 4. The Labute approximate surface area is 94.7 Å². The Morgan fingerprint density at radius 3 is 2.00 bits per heavy atom. The maximum absolute atomic E-state index is 2.37. The minimum absolute atomic E-state index is 0.426. The molecule has 1 aromatic carbocycles.